The molecule has 2 aromatic carbocycles. The van der Waals surface area contributed by atoms with Gasteiger partial charge in [-0.15, -0.1) is 0 Å². The van der Waals surface area contributed by atoms with Gasteiger partial charge in [-0.1, -0.05) is 18.2 Å². The van der Waals surface area contributed by atoms with E-state index in [0.717, 1.165) is 16.6 Å². The number of hydrogen-bond acceptors (Lipinski definition) is 3. The molecule has 3 heterocycles. The van der Waals surface area contributed by atoms with Gasteiger partial charge in [0.15, 0.2) is 0 Å². The Morgan fingerprint density at radius 2 is 1.77 bits per heavy atom. The van der Waals surface area contributed by atoms with Crippen molar-refractivity contribution >= 4 is 10.9 Å². The van der Waals surface area contributed by atoms with Crippen LogP contribution >= 0.6 is 0 Å². The Bertz CT molecular complexity index is 1080. The van der Waals surface area contributed by atoms with Crippen LogP contribution in [-0.4, -0.2) is 41.0 Å². The topological polar surface area (TPSA) is 30.3 Å². The molecule has 2 saturated heterocycles. The predicted molar refractivity (Wildman–Crippen MR) is 108 cm³/mol. The first-order valence-corrected chi connectivity index (χ1v) is 10.5. The lowest BCUT2D eigenvalue weighted by atomic mass is 9.86. The molecule has 0 radical (unpaired) electrons. The van der Waals surface area contributed by atoms with Gasteiger partial charge in [0.1, 0.15) is 5.82 Å². The molecule has 0 amide bonds. The fourth-order valence-corrected chi connectivity index (χ4v) is 4.66. The summed E-state index contributed by atoms with van der Waals surface area (Å²) in [4.78, 5) is 2.22. The van der Waals surface area contributed by atoms with Crippen molar-refractivity contribution in [1.29, 1.82) is 0 Å². The summed E-state index contributed by atoms with van der Waals surface area (Å²) in [6.45, 7) is 3.11. The van der Waals surface area contributed by atoms with Crippen LogP contribution < -0.4 is 0 Å². The van der Waals surface area contributed by atoms with Crippen LogP contribution in [0.4, 0.5) is 17.6 Å². The maximum Gasteiger partial charge on any atom is 0.416 e. The van der Waals surface area contributed by atoms with Crippen molar-refractivity contribution in [2.75, 3.05) is 26.3 Å². The Morgan fingerprint density at radius 1 is 1.03 bits per heavy atom. The number of halogens is 4. The van der Waals surface area contributed by atoms with Gasteiger partial charge in [0.05, 0.1) is 36.0 Å². The first-order chi connectivity index (χ1) is 14.9. The number of ether oxygens (including phenoxy) is 1. The SMILES string of the molecule is Fc1ccc2c(CN3CCC(c4ccccc4C(F)(F)F)CC3)nn(C3COC3)c2c1. The van der Waals surface area contributed by atoms with E-state index in [1.165, 1.54) is 24.3 Å². The van der Waals surface area contributed by atoms with Gasteiger partial charge in [0, 0.05) is 11.9 Å². The van der Waals surface area contributed by atoms with Crippen molar-refractivity contribution < 1.29 is 22.3 Å². The standard InChI is InChI=1S/C23H23F4N3O/c24-16-5-6-19-21(28-30(22(19)11-16)17-13-31-14-17)12-29-9-7-15(8-10-29)18-3-1-2-4-20(18)23(25,26)27/h1-6,11,15,17H,7-10,12-14H2. The second-order valence-electron chi connectivity index (χ2n) is 8.38. The lowest BCUT2D eigenvalue weighted by molar-refractivity contribution is -0.138. The normalized spacial score (nSPS) is 19.1. The van der Waals surface area contributed by atoms with Crippen LogP contribution in [0.25, 0.3) is 10.9 Å². The molecule has 1 aromatic heterocycles. The summed E-state index contributed by atoms with van der Waals surface area (Å²) in [5, 5.41) is 5.66. The van der Waals surface area contributed by atoms with E-state index in [0.29, 0.717) is 51.3 Å². The Kier molecular flexibility index (Phi) is 5.22. The van der Waals surface area contributed by atoms with Gasteiger partial charge in [-0.25, -0.2) is 4.39 Å². The number of rotatable bonds is 4. The van der Waals surface area contributed by atoms with E-state index in [1.54, 1.807) is 18.2 Å². The Balaban J connectivity index is 1.32. The Hall–Kier alpha value is -2.45. The molecule has 4 nitrogen and oxygen atoms in total. The molecule has 5 rings (SSSR count). The highest BCUT2D eigenvalue weighted by Gasteiger charge is 2.36. The third-order valence-electron chi connectivity index (χ3n) is 6.38. The molecule has 2 aliphatic rings. The molecule has 0 atom stereocenters. The fraction of sp³-hybridized carbons (Fsp3) is 0.435. The van der Waals surface area contributed by atoms with Crippen molar-refractivity contribution in [2.45, 2.75) is 37.5 Å². The molecule has 0 aliphatic carbocycles. The molecule has 0 spiro atoms. The maximum absolute atomic E-state index is 13.8. The number of fused-ring (bicyclic) bond motifs is 1. The summed E-state index contributed by atoms with van der Waals surface area (Å²) in [6, 6.07) is 10.7. The maximum atomic E-state index is 13.8. The quantitative estimate of drug-likeness (QED) is 0.534. The van der Waals surface area contributed by atoms with E-state index in [2.05, 4.69) is 4.90 Å². The van der Waals surface area contributed by atoms with Crippen molar-refractivity contribution in [1.82, 2.24) is 14.7 Å². The summed E-state index contributed by atoms with van der Waals surface area (Å²) in [5.74, 6) is -0.408. The molecule has 0 bridgehead atoms. The zero-order valence-electron chi connectivity index (χ0n) is 16.9. The highest BCUT2D eigenvalue weighted by molar-refractivity contribution is 5.82. The Labute approximate surface area is 177 Å². The molecular formula is C23H23F4N3O. The third-order valence-corrected chi connectivity index (χ3v) is 6.38. The molecule has 3 aromatic rings. The average molecular weight is 433 g/mol. The predicted octanol–water partition coefficient (Wildman–Crippen LogP) is 5.15. The van der Waals surface area contributed by atoms with Gasteiger partial charge in [-0.05, 0) is 61.7 Å². The van der Waals surface area contributed by atoms with Gasteiger partial charge in [0.25, 0.3) is 0 Å². The summed E-state index contributed by atoms with van der Waals surface area (Å²) in [7, 11) is 0. The van der Waals surface area contributed by atoms with Crippen LogP contribution in [0.1, 0.15) is 41.6 Å². The van der Waals surface area contributed by atoms with Crippen molar-refractivity contribution in [2.24, 2.45) is 0 Å². The van der Waals surface area contributed by atoms with Gasteiger partial charge < -0.3 is 4.74 Å². The summed E-state index contributed by atoms with van der Waals surface area (Å²) in [5.41, 5.74) is 1.50. The van der Waals surface area contributed by atoms with Crippen molar-refractivity contribution in [3.63, 3.8) is 0 Å². The van der Waals surface area contributed by atoms with Crippen LogP contribution in [-0.2, 0) is 17.5 Å². The summed E-state index contributed by atoms with van der Waals surface area (Å²) < 4.78 is 61.1. The number of benzene rings is 2. The summed E-state index contributed by atoms with van der Waals surface area (Å²) in [6.07, 6.45) is -3.01. The monoisotopic (exact) mass is 433 g/mol. The third kappa shape index (κ3) is 3.94. The van der Waals surface area contributed by atoms with Crippen LogP contribution in [0.15, 0.2) is 42.5 Å². The molecule has 0 unspecified atom stereocenters. The molecule has 2 aliphatic heterocycles. The van der Waals surface area contributed by atoms with E-state index in [4.69, 9.17) is 9.84 Å². The van der Waals surface area contributed by atoms with E-state index in [1.807, 2.05) is 4.68 Å². The zero-order chi connectivity index (χ0) is 21.6. The number of likely N-dealkylation sites (tertiary alicyclic amines) is 1. The highest BCUT2D eigenvalue weighted by Crippen LogP contribution is 2.39. The van der Waals surface area contributed by atoms with Crippen molar-refractivity contribution in [3.05, 3.63) is 65.1 Å². The number of hydrogen-bond donors (Lipinski definition) is 0. The molecule has 2 fully saturated rings. The molecule has 164 valence electrons. The van der Waals surface area contributed by atoms with Crippen molar-refractivity contribution in [3.8, 4) is 0 Å². The highest BCUT2D eigenvalue weighted by atomic mass is 19.4. The number of aromatic nitrogens is 2. The number of nitrogens with zero attached hydrogens (tertiary/aromatic N) is 3. The van der Waals surface area contributed by atoms with E-state index in [-0.39, 0.29) is 17.8 Å². The smallest absolute Gasteiger partial charge is 0.377 e. The first-order valence-electron chi connectivity index (χ1n) is 10.5. The van der Waals surface area contributed by atoms with E-state index >= 15 is 0 Å². The molecule has 31 heavy (non-hydrogen) atoms. The van der Waals surface area contributed by atoms with E-state index in [9.17, 15) is 17.6 Å². The average Bonchev–Trinajstić information content (AvgIpc) is 3.04. The minimum atomic E-state index is -4.33. The van der Waals surface area contributed by atoms with E-state index < -0.39 is 11.7 Å². The summed E-state index contributed by atoms with van der Waals surface area (Å²) >= 11 is 0. The number of piperidine rings is 1. The van der Waals surface area contributed by atoms with Gasteiger partial charge in [0.2, 0.25) is 0 Å². The largest absolute Gasteiger partial charge is 0.416 e. The number of alkyl halides is 3. The fourth-order valence-electron chi connectivity index (χ4n) is 4.66. The Morgan fingerprint density at radius 3 is 2.45 bits per heavy atom. The molecule has 0 saturated carbocycles. The minimum Gasteiger partial charge on any atom is -0.377 e. The van der Waals surface area contributed by atoms with Crippen LogP contribution in [0.5, 0.6) is 0 Å². The molecule has 0 N–H and O–H groups in total. The first kappa shape index (κ1) is 20.5. The molecule has 8 heteroatoms. The van der Waals surface area contributed by atoms with Gasteiger partial charge >= 0.3 is 6.18 Å². The van der Waals surface area contributed by atoms with Crippen LogP contribution in [0, 0.1) is 5.82 Å². The van der Waals surface area contributed by atoms with Crippen LogP contribution in [0.3, 0.4) is 0 Å². The van der Waals surface area contributed by atoms with Crippen LogP contribution in [0.2, 0.25) is 0 Å². The second-order valence-corrected chi connectivity index (χ2v) is 8.38. The zero-order valence-corrected chi connectivity index (χ0v) is 16.9. The second kappa shape index (κ2) is 7.91. The lowest BCUT2D eigenvalue weighted by Gasteiger charge is -2.33. The van der Waals surface area contributed by atoms with Gasteiger partial charge in [-0.3, -0.25) is 9.58 Å². The van der Waals surface area contributed by atoms with Gasteiger partial charge in [-0.2, -0.15) is 18.3 Å². The molecular weight excluding hydrogens is 410 g/mol. The minimum absolute atomic E-state index is 0.107. The lowest BCUT2D eigenvalue weighted by Crippen LogP contribution is -2.34.